The molecule has 0 aliphatic carbocycles. The Labute approximate surface area is 210 Å². The van der Waals surface area contributed by atoms with E-state index in [2.05, 4.69) is 26.3 Å². The van der Waals surface area contributed by atoms with Gasteiger partial charge in [-0.15, -0.1) is 0 Å². The van der Waals surface area contributed by atoms with Crippen LogP contribution in [0.2, 0.25) is 0 Å². The molecule has 8 heteroatoms. The van der Waals surface area contributed by atoms with E-state index in [1.54, 1.807) is 0 Å². The van der Waals surface area contributed by atoms with Gasteiger partial charge in [-0.3, -0.25) is 0 Å². The molecule has 1 aromatic heterocycles. The molecule has 0 unspecified atom stereocenters. The van der Waals surface area contributed by atoms with Crippen LogP contribution >= 0.6 is 0 Å². The third kappa shape index (κ3) is 4.64. The van der Waals surface area contributed by atoms with Gasteiger partial charge in [0.25, 0.3) is 0 Å². The van der Waals surface area contributed by atoms with Gasteiger partial charge in [0.1, 0.15) is 5.82 Å². The fraction of sp³-hybridized carbons (Fsp3) is 0.214. The molecule has 1 aliphatic rings. The predicted octanol–water partition coefficient (Wildman–Crippen LogP) is 4.34. The van der Waals surface area contributed by atoms with Crippen LogP contribution in [0.25, 0.3) is 22.0 Å². The second-order valence-corrected chi connectivity index (χ2v) is 8.85. The number of nitrogens with two attached hydrogens (primary N) is 1. The molecule has 3 N–H and O–H groups in total. The summed E-state index contributed by atoms with van der Waals surface area (Å²) in [5.41, 5.74) is 10.2. The van der Waals surface area contributed by atoms with Crippen molar-refractivity contribution in [1.29, 1.82) is 5.26 Å². The van der Waals surface area contributed by atoms with Crippen LogP contribution in [0.4, 0.5) is 16.6 Å². The number of nitrogen functional groups attached to an aromatic ring is 1. The molecule has 2 heterocycles. The number of hydrogen-bond acceptors (Lipinski definition) is 6. The third-order valence-electron chi connectivity index (χ3n) is 6.56. The first-order valence-corrected chi connectivity index (χ1v) is 12.0. The number of piperazine rings is 1. The molecule has 0 spiro atoms. The molecule has 8 nitrogen and oxygen atoms in total. The lowest BCUT2D eigenvalue weighted by Gasteiger charge is -2.36. The van der Waals surface area contributed by atoms with E-state index in [9.17, 15) is 10.1 Å². The fourth-order valence-electron chi connectivity index (χ4n) is 4.59. The van der Waals surface area contributed by atoms with Crippen LogP contribution in [0.3, 0.4) is 0 Å². The molecule has 2 amide bonds. The zero-order valence-corrected chi connectivity index (χ0v) is 20.1. The molecule has 1 aliphatic heterocycles. The van der Waals surface area contributed by atoms with Gasteiger partial charge in [-0.05, 0) is 41.8 Å². The van der Waals surface area contributed by atoms with Crippen molar-refractivity contribution in [2.75, 3.05) is 36.8 Å². The Morgan fingerprint density at radius 1 is 1.00 bits per heavy atom. The Hall–Kier alpha value is -4.64. The first-order valence-electron chi connectivity index (χ1n) is 12.0. The minimum atomic E-state index is -0.0755. The molecule has 0 saturated carbocycles. The van der Waals surface area contributed by atoms with Crippen molar-refractivity contribution in [3.63, 3.8) is 0 Å². The average Bonchev–Trinajstić information content (AvgIpc) is 2.93. The molecule has 36 heavy (non-hydrogen) atoms. The van der Waals surface area contributed by atoms with Crippen molar-refractivity contribution in [2.24, 2.45) is 0 Å². The zero-order valence-electron chi connectivity index (χ0n) is 20.1. The SMILES string of the molecule is C[C@H](NC(=O)N1CCN(c2nc(N)nc3ccc(-c4ccccc4C#N)cc23)CC1)c1ccccc1. The molecule has 0 bridgehead atoms. The molecule has 180 valence electrons. The number of urea groups is 1. The van der Waals surface area contributed by atoms with Gasteiger partial charge in [0, 0.05) is 31.6 Å². The molecule has 1 atom stereocenters. The van der Waals surface area contributed by atoms with E-state index < -0.39 is 0 Å². The number of carbonyl (C=O) groups excluding carboxylic acids is 1. The zero-order chi connectivity index (χ0) is 25.1. The standard InChI is InChI=1S/C28H27N7O/c1-19(20-7-3-2-4-8-20)31-28(36)35-15-13-34(14-16-35)26-24-17-21(11-12-25(24)32-27(30)33-26)23-10-6-5-9-22(23)18-29/h2-12,17,19H,13-16H2,1H3,(H,31,36)(H2,30,32,33)/t19-/m0/s1. The first-order chi connectivity index (χ1) is 17.5. The number of carbonyl (C=O) groups is 1. The molecule has 3 aromatic carbocycles. The molecule has 0 radical (unpaired) electrons. The summed E-state index contributed by atoms with van der Waals surface area (Å²) in [5, 5.41) is 13.5. The van der Waals surface area contributed by atoms with Crippen molar-refractivity contribution in [2.45, 2.75) is 13.0 Å². The lowest BCUT2D eigenvalue weighted by molar-refractivity contribution is 0.191. The summed E-state index contributed by atoms with van der Waals surface area (Å²) >= 11 is 0. The number of amides is 2. The van der Waals surface area contributed by atoms with Crippen LogP contribution in [0.5, 0.6) is 0 Å². The summed E-state index contributed by atoms with van der Waals surface area (Å²) in [6.07, 6.45) is 0. The van der Waals surface area contributed by atoms with Crippen molar-refractivity contribution in [3.05, 3.63) is 83.9 Å². The number of nitriles is 1. The molecule has 1 fully saturated rings. The van der Waals surface area contributed by atoms with E-state index in [1.807, 2.05) is 84.6 Å². The Balaban J connectivity index is 1.36. The van der Waals surface area contributed by atoms with E-state index in [-0.39, 0.29) is 18.0 Å². The smallest absolute Gasteiger partial charge is 0.317 e. The monoisotopic (exact) mass is 477 g/mol. The Bertz CT molecular complexity index is 1440. The number of fused-ring (bicyclic) bond motifs is 1. The number of aromatic nitrogens is 2. The highest BCUT2D eigenvalue weighted by molar-refractivity contribution is 5.94. The first kappa shape index (κ1) is 23.1. The molecule has 5 rings (SSSR count). The van der Waals surface area contributed by atoms with E-state index in [1.165, 1.54) is 0 Å². The van der Waals surface area contributed by atoms with Crippen LogP contribution in [-0.4, -0.2) is 47.1 Å². The number of anilines is 2. The molecule has 1 saturated heterocycles. The van der Waals surface area contributed by atoms with E-state index in [4.69, 9.17) is 5.73 Å². The van der Waals surface area contributed by atoms with Gasteiger partial charge >= 0.3 is 6.03 Å². The van der Waals surface area contributed by atoms with E-state index >= 15 is 0 Å². The quantitative estimate of drug-likeness (QED) is 0.452. The summed E-state index contributed by atoms with van der Waals surface area (Å²) in [5.74, 6) is 0.950. The summed E-state index contributed by atoms with van der Waals surface area (Å²) in [4.78, 5) is 25.8. The van der Waals surface area contributed by atoms with Crippen molar-refractivity contribution < 1.29 is 4.79 Å². The van der Waals surface area contributed by atoms with Gasteiger partial charge in [0.05, 0.1) is 23.2 Å². The number of nitrogens with zero attached hydrogens (tertiary/aromatic N) is 5. The number of benzene rings is 3. The largest absolute Gasteiger partial charge is 0.368 e. The van der Waals surface area contributed by atoms with Gasteiger partial charge in [0.2, 0.25) is 5.95 Å². The van der Waals surface area contributed by atoms with E-state index in [0.29, 0.717) is 31.7 Å². The molecule has 4 aromatic rings. The maximum atomic E-state index is 12.9. The molecular weight excluding hydrogens is 450 g/mol. The van der Waals surface area contributed by atoms with Gasteiger partial charge in [0.15, 0.2) is 0 Å². The highest BCUT2D eigenvalue weighted by Crippen LogP contribution is 2.31. The summed E-state index contributed by atoms with van der Waals surface area (Å²) in [6.45, 7) is 4.36. The van der Waals surface area contributed by atoms with Crippen molar-refractivity contribution >= 4 is 28.7 Å². The van der Waals surface area contributed by atoms with Crippen LogP contribution in [-0.2, 0) is 0 Å². The maximum Gasteiger partial charge on any atom is 0.317 e. The van der Waals surface area contributed by atoms with Crippen LogP contribution in [0.15, 0.2) is 72.8 Å². The Morgan fingerprint density at radius 2 is 1.72 bits per heavy atom. The highest BCUT2D eigenvalue weighted by Gasteiger charge is 2.25. The topological polar surface area (TPSA) is 111 Å². The van der Waals surface area contributed by atoms with Gasteiger partial charge in [-0.25, -0.2) is 9.78 Å². The van der Waals surface area contributed by atoms with Crippen molar-refractivity contribution in [1.82, 2.24) is 20.2 Å². The van der Waals surface area contributed by atoms with E-state index in [0.717, 1.165) is 33.4 Å². The summed E-state index contributed by atoms with van der Waals surface area (Å²) in [7, 11) is 0. The minimum Gasteiger partial charge on any atom is -0.368 e. The lowest BCUT2D eigenvalue weighted by Crippen LogP contribution is -2.52. The average molecular weight is 478 g/mol. The summed E-state index contributed by atoms with van der Waals surface area (Å²) < 4.78 is 0. The maximum absolute atomic E-state index is 12.9. The Morgan fingerprint density at radius 3 is 2.47 bits per heavy atom. The van der Waals surface area contributed by atoms with Gasteiger partial charge in [-0.1, -0.05) is 54.6 Å². The Kier molecular flexibility index (Phi) is 6.37. The normalized spacial score (nSPS) is 14.3. The third-order valence-corrected chi connectivity index (χ3v) is 6.56. The number of nitrogens with one attached hydrogen (secondary N) is 1. The van der Waals surface area contributed by atoms with Crippen LogP contribution in [0, 0.1) is 11.3 Å². The van der Waals surface area contributed by atoms with Gasteiger partial charge in [-0.2, -0.15) is 10.2 Å². The lowest BCUT2D eigenvalue weighted by atomic mass is 9.99. The van der Waals surface area contributed by atoms with Crippen LogP contribution < -0.4 is 16.0 Å². The number of hydrogen-bond donors (Lipinski definition) is 2. The van der Waals surface area contributed by atoms with Gasteiger partial charge < -0.3 is 20.9 Å². The number of rotatable bonds is 4. The van der Waals surface area contributed by atoms with Crippen LogP contribution in [0.1, 0.15) is 24.1 Å². The second-order valence-electron chi connectivity index (χ2n) is 8.85. The highest BCUT2D eigenvalue weighted by atomic mass is 16.2. The van der Waals surface area contributed by atoms with Crippen molar-refractivity contribution in [3.8, 4) is 17.2 Å². The second kappa shape index (κ2) is 9.92. The predicted molar refractivity (Wildman–Crippen MR) is 141 cm³/mol. The minimum absolute atomic E-state index is 0.0722. The summed E-state index contributed by atoms with van der Waals surface area (Å²) in [6, 6.07) is 25.4. The fourth-order valence-corrected chi connectivity index (χ4v) is 4.59. The molecular formula is C28H27N7O.